The number of hydrogen-bond donors (Lipinski definition) is 2. The molecular weight excluding hydrogens is 526 g/mol. The van der Waals surface area contributed by atoms with Crippen LogP contribution < -0.4 is 10.9 Å². The van der Waals surface area contributed by atoms with Gasteiger partial charge in [-0.1, -0.05) is 73.1 Å². The van der Waals surface area contributed by atoms with Gasteiger partial charge in [-0.15, -0.1) is 4.28 Å². The standard InChI is InChI=1S/C26H49N5O7S/c1-6-11-17-26(16-9-4,18-12-7-2)30(19-13-8-3)37-39(35,36)38-31-21-14-15-22(29(20-21)25(31)34)24(33)28-27-23(32)10-5/h21-22H,6-20H2,1-5H3,(H,27,32)(H,28,33)/t21?,22-/m0/s1. The van der Waals surface area contributed by atoms with E-state index in [2.05, 4.69) is 31.6 Å². The fraction of sp³-hybridized carbons (Fsp3) is 0.885. The second-order valence-corrected chi connectivity index (χ2v) is 11.7. The minimum atomic E-state index is -4.63. The molecule has 4 amide bonds. The molecule has 2 aliphatic heterocycles. The number of nitrogens with one attached hydrogen (secondary N) is 2. The fourth-order valence-electron chi connectivity index (χ4n) is 5.41. The van der Waals surface area contributed by atoms with Gasteiger partial charge in [0.05, 0.1) is 6.04 Å². The normalized spacial score (nSPS) is 19.6. The monoisotopic (exact) mass is 575 g/mol. The second kappa shape index (κ2) is 15.7. The van der Waals surface area contributed by atoms with Crippen LogP contribution in [0.1, 0.15) is 118 Å². The Morgan fingerprint density at radius 2 is 1.59 bits per heavy atom. The molecule has 0 spiro atoms. The molecule has 2 aliphatic rings. The second-order valence-electron chi connectivity index (χ2n) is 10.6. The first kappa shape index (κ1) is 33.2. The molecule has 0 saturated carbocycles. The van der Waals surface area contributed by atoms with Gasteiger partial charge >= 0.3 is 16.4 Å². The van der Waals surface area contributed by atoms with Crippen LogP contribution in [0.5, 0.6) is 0 Å². The Morgan fingerprint density at radius 3 is 2.15 bits per heavy atom. The van der Waals surface area contributed by atoms with Gasteiger partial charge in [0.15, 0.2) is 0 Å². The van der Waals surface area contributed by atoms with Gasteiger partial charge in [0.25, 0.3) is 5.91 Å². The van der Waals surface area contributed by atoms with E-state index in [1.807, 2.05) is 6.92 Å². The lowest BCUT2D eigenvalue weighted by molar-refractivity contribution is -0.172. The van der Waals surface area contributed by atoms with Crippen molar-refractivity contribution in [1.29, 1.82) is 0 Å². The summed E-state index contributed by atoms with van der Waals surface area (Å²) in [4.78, 5) is 38.5. The number of urea groups is 1. The molecule has 39 heavy (non-hydrogen) atoms. The Bertz CT molecular complexity index is 908. The summed E-state index contributed by atoms with van der Waals surface area (Å²) < 4.78 is 37.6. The molecule has 2 heterocycles. The van der Waals surface area contributed by atoms with Crippen molar-refractivity contribution in [2.45, 2.75) is 136 Å². The number of nitrogens with zero attached hydrogens (tertiary/aromatic N) is 3. The topological polar surface area (TPSA) is 138 Å². The number of amides is 4. The van der Waals surface area contributed by atoms with E-state index in [1.165, 1.54) is 4.90 Å². The minimum absolute atomic E-state index is 0.139. The van der Waals surface area contributed by atoms with Gasteiger partial charge in [-0.2, -0.15) is 22.8 Å². The maximum atomic E-state index is 13.3. The van der Waals surface area contributed by atoms with Crippen LogP contribution in [-0.2, 0) is 28.6 Å². The lowest BCUT2D eigenvalue weighted by Crippen LogP contribution is -2.54. The van der Waals surface area contributed by atoms with Gasteiger partial charge in [-0.25, -0.2) is 4.79 Å². The number of carbonyl (C=O) groups is 3. The summed E-state index contributed by atoms with van der Waals surface area (Å²) in [6.45, 7) is 10.6. The van der Waals surface area contributed by atoms with E-state index in [4.69, 9.17) is 8.57 Å². The zero-order chi connectivity index (χ0) is 29.1. The lowest BCUT2D eigenvalue weighted by Gasteiger charge is -2.43. The van der Waals surface area contributed by atoms with Crippen LogP contribution in [0.3, 0.4) is 0 Å². The maximum Gasteiger partial charge on any atom is 0.437 e. The predicted molar refractivity (Wildman–Crippen MR) is 147 cm³/mol. The Hall–Kier alpha value is -1.96. The van der Waals surface area contributed by atoms with Gasteiger partial charge in [0.1, 0.15) is 6.04 Å². The highest BCUT2D eigenvalue weighted by atomic mass is 32.3. The largest absolute Gasteiger partial charge is 0.437 e. The molecule has 226 valence electrons. The average molecular weight is 576 g/mol. The summed E-state index contributed by atoms with van der Waals surface area (Å²) in [6.07, 6.45) is 9.63. The van der Waals surface area contributed by atoms with Crippen molar-refractivity contribution >= 4 is 28.2 Å². The van der Waals surface area contributed by atoms with Gasteiger partial charge in [0, 0.05) is 25.0 Å². The molecule has 2 bridgehead atoms. The summed E-state index contributed by atoms with van der Waals surface area (Å²) in [5, 5.41) is 2.44. The molecule has 1 unspecified atom stereocenters. The summed E-state index contributed by atoms with van der Waals surface area (Å²) in [5.74, 6) is -0.894. The molecule has 0 radical (unpaired) electrons. The van der Waals surface area contributed by atoms with Gasteiger partial charge in [-0.3, -0.25) is 20.4 Å². The molecule has 0 aromatic heterocycles. The first-order chi connectivity index (χ1) is 18.6. The smallest absolute Gasteiger partial charge is 0.309 e. The van der Waals surface area contributed by atoms with Crippen molar-refractivity contribution < 1.29 is 31.4 Å². The van der Waals surface area contributed by atoms with E-state index in [0.717, 1.165) is 69.3 Å². The Morgan fingerprint density at radius 1 is 0.949 bits per heavy atom. The number of unbranched alkanes of at least 4 members (excludes halogenated alkanes) is 3. The predicted octanol–water partition coefficient (Wildman–Crippen LogP) is 3.94. The van der Waals surface area contributed by atoms with Crippen LogP contribution in [0, 0.1) is 0 Å². The van der Waals surface area contributed by atoms with Crippen LogP contribution in [-0.4, -0.2) is 72.0 Å². The Kier molecular flexibility index (Phi) is 13.4. The van der Waals surface area contributed by atoms with Gasteiger partial charge in [-0.05, 0) is 38.5 Å². The van der Waals surface area contributed by atoms with Crippen LogP contribution in [0.2, 0.25) is 0 Å². The summed E-state index contributed by atoms with van der Waals surface area (Å²) in [6, 6.07) is -2.09. The minimum Gasteiger partial charge on any atom is -0.309 e. The molecule has 2 atom stereocenters. The third-order valence-electron chi connectivity index (χ3n) is 7.58. The number of rotatable bonds is 18. The highest BCUT2D eigenvalue weighted by molar-refractivity contribution is 7.81. The number of piperidine rings is 1. The van der Waals surface area contributed by atoms with Crippen molar-refractivity contribution in [1.82, 2.24) is 25.9 Å². The Balaban J connectivity index is 2.20. The maximum absolute atomic E-state index is 13.3. The first-order valence-corrected chi connectivity index (χ1v) is 16.0. The average Bonchev–Trinajstić information content (AvgIpc) is 3.15. The van der Waals surface area contributed by atoms with E-state index >= 15 is 0 Å². The molecule has 0 aromatic rings. The van der Waals surface area contributed by atoms with E-state index in [1.54, 1.807) is 12.0 Å². The van der Waals surface area contributed by atoms with Crippen LogP contribution in [0.15, 0.2) is 0 Å². The van der Waals surface area contributed by atoms with Crippen LogP contribution in [0.25, 0.3) is 0 Å². The molecular formula is C26H49N5O7S. The highest BCUT2D eigenvalue weighted by Crippen LogP contribution is 2.36. The van der Waals surface area contributed by atoms with Crippen LogP contribution >= 0.6 is 0 Å². The lowest BCUT2D eigenvalue weighted by atomic mass is 9.82. The van der Waals surface area contributed by atoms with E-state index in [9.17, 15) is 22.8 Å². The summed E-state index contributed by atoms with van der Waals surface area (Å²) >= 11 is 0. The zero-order valence-corrected chi connectivity index (χ0v) is 25.2. The number of hydrogen-bond acceptors (Lipinski definition) is 8. The SMILES string of the molecule is CCCCN(OS(=O)(=O)ON1C(=O)N2CC1CC[C@H]2C(=O)NNC(=O)CC)C(CCC)(CCCC)CCCC. The molecule has 0 aliphatic carbocycles. The van der Waals surface area contributed by atoms with Crippen molar-refractivity contribution in [3.05, 3.63) is 0 Å². The first-order valence-electron chi connectivity index (χ1n) is 14.7. The molecule has 2 N–H and O–H groups in total. The summed E-state index contributed by atoms with van der Waals surface area (Å²) in [7, 11) is -4.63. The highest BCUT2D eigenvalue weighted by Gasteiger charge is 2.50. The molecule has 13 heteroatoms. The van der Waals surface area contributed by atoms with Crippen molar-refractivity contribution in [2.24, 2.45) is 0 Å². The Labute approximate surface area is 234 Å². The third-order valence-corrected chi connectivity index (χ3v) is 8.28. The van der Waals surface area contributed by atoms with Crippen molar-refractivity contribution in [2.75, 3.05) is 13.1 Å². The van der Waals surface area contributed by atoms with Crippen LogP contribution in [0.4, 0.5) is 4.79 Å². The zero-order valence-electron chi connectivity index (χ0n) is 24.4. The number of hydroxylamine groups is 4. The summed E-state index contributed by atoms with van der Waals surface area (Å²) in [5.41, 5.74) is 4.19. The van der Waals surface area contributed by atoms with Crippen molar-refractivity contribution in [3.8, 4) is 0 Å². The number of carbonyl (C=O) groups excluding carboxylic acids is 3. The van der Waals surface area contributed by atoms with E-state index in [0.29, 0.717) is 19.4 Å². The van der Waals surface area contributed by atoms with E-state index in [-0.39, 0.29) is 18.9 Å². The molecule has 2 rings (SSSR count). The molecule has 2 saturated heterocycles. The fourth-order valence-corrected chi connectivity index (χ4v) is 6.27. The van der Waals surface area contributed by atoms with E-state index < -0.39 is 40.0 Å². The quantitative estimate of drug-likeness (QED) is 0.235. The number of hydrazine groups is 1. The van der Waals surface area contributed by atoms with Gasteiger partial charge < -0.3 is 4.90 Å². The third kappa shape index (κ3) is 9.02. The van der Waals surface area contributed by atoms with Gasteiger partial charge in [0.2, 0.25) is 5.91 Å². The molecule has 2 fully saturated rings. The molecule has 0 aromatic carbocycles. The molecule has 12 nitrogen and oxygen atoms in total. The van der Waals surface area contributed by atoms with Crippen molar-refractivity contribution in [3.63, 3.8) is 0 Å². The number of fused-ring (bicyclic) bond motifs is 2.